The molecule has 7 heteroatoms. The van der Waals surface area contributed by atoms with Crippen molar-refractivity contribution in [2.24, 2.45) is 0 Å². The normalized spacial score (nSPS) is 13.6. The minimum absolute atomic E-state index is 0.218. The summed E-state index contributed by atoms with van der Waals surface area (Å²) in [6, 6.07) is 6.04. The van der Waals surface area contributed by atoms with Gasteiger partial charge in [0.05, 0.1) is 6.54 Å². The number of hydrogen-bond acceptors (Lipinski definition) is 2. The number of halogens is 4. The minimum Gasteiger partial charge on any atom is -0.480 e. The first-order valence-electron chi connectivity index (χ1n) is 5.01. The first-order valence-corrected chi connectivity index (χ1v) is 5.01. The van der Waals surface area contributed by atoms with Crippen LogP contribution < -0.4 is 5.32 Å². The van der Waals surface area contributed by atoms with E-state index in [1.165, 1.54) is 24.3 Å². The van der Waals surface area contributed by atoms with Crippen LogP contribution in [-0.4, -0.2) is 30.0 Å². The summed E-state index contributed by atoms with van der Waals surface area (Å²) in [5.41, 5.74) is 0.218. The predicted octanol–water partition coefficient (Wildman–Crippen LogP) is 2.30. The lowest BCUT2D eigenvalue weighted by Crippen LogP contribution is -2.42. The molecule has 0 aliphatic rings. The monoisotopic (exact) mass is 265 g/mol. The Kier molecular flexibility index (Phi) is 4.66. The molecule has 2 N–H and O–H groups in total. The van der Waals surface area contributed by atoms with Crippen LogP contribution in [0.5, 0.6) is 0 Å². The van der Waals surface area contributed by atoms with Crippen LogP contribution in [-0.2, 0) is 4.79 Å². The Bertz CT molecular complexity index is 397. The number of nitrogens with one attached hydrogen (secondary N) is 1. The fourth-order valence-corrected chi connectivity index (χ4v) is 1.31. The summed E-state index contributed by atoms with van der Waals surface area (Å²) in [5.74, 6) is -5.67. The third kappa shape index (κ3) is 3.69. The quantitative estimate of drug-likeness (QED) is 0.776. The van der Waals surface area contributed by atoms with Crippen molar-refractivity contribution in [2.75, 3.05) is 6.54 Å². The fraction of sp³-hybridized carbons (Fsp3) is 0.364. The van der Waals surface area contributed by atoms with E-state index in [0.29, 0.717) is 0 Å². The Morgan fingerprint density at radius 2 is 1.83 bits per heavy atom. The van der Waals surface area contributed by atoms with E-state index >= 15 is 0 Å². The van der Waals surface area contributed by atoms with Gasteiger partial charge < -0.3 is 5.11 Å². The van der Waals surface area contributed by atoms with E-state index in [2.05, 4.69) is 0 Å². The molecule has 0 aromatic heterocycles. The molecule has 0 aliphatic heterocycles. The molecule has 3 nitrogen and oxygen atoms in total. The van der Waals surface area contributed by atoms with Gasteiger partial charge in [-0.05, 0) is 5.56 Å². The Balaban J connectivity index is 2.75. The van der Waals surface area contributed by atoms with Gasteiger partial charge in [-0.3, -0.25) is 10.1 Å². The van der Waals surface area contributed by atoms with Crippen molar-refractivity contribution in [1.29, 1.82) is 0 Å². The smallest absolute Gasteiger partial charge is 0.325 e. The maximum atomic E-state index is 12.7. The van der Waals surface area contributed by atoms with Gasteiger partial charge in [-0.1, -0.05) is 30.3 Å². The van der Waals surface area contributed by atoms with Crippen molar-refractivity contribution in [1.82, 2.24) is 5.32 Å². The van der Waals surface area contributed by atoms with E-state index in [-0.39, 0.29) is 5.56 Å². The van der Waals surface area contributed by atoms with Gasteiger partial charge in [-0.2, -0.15) is 8.78 Å². The highest BCUT2D eigenvalue weighted by atomic mass is 19.3. The number of aliphatic carboxylic acids is 1. The van der Waals surface area contributed by atoms with Crippen molar-refractivity contribution in [3.63, 3.8) is 0 Å². The van der Waals surface area contributed by atoms with Crippen LogP contribution in [0, 0.1) is 0 Å². The molecule has 1 atom stereocenters. The fourth-order valence-electron chi connectivity index (χ4n) is 1.31. The molecule has 100 valence electrons. The largest absolute Gasteiger partial charge is 0.480 e. The van der Waals surface area contributed by atoms with E-state index in [4.69, 9.17) is 5.11 Å². The standard InChI is InChI=1S/C11H11F4NO2/c12-10(13)11(14,15)6-16-8(9(17)18)7-4-2-1-3-5-7/h1-5,8,10,16H,6H2,(H,17,18). The van der Waals surface area contributed by atoms with Crippen molar-refractivity contribution >= 4 is 5.97 Å². The molecule has 0 spiro atoms. The highest BCUT2D eigenvalue weighted by Gasteiger charge is 2.41. The van der Waals surface area contributed by atoms with Crippen molar-refractivity contribution < 1.29 is 27.5 Å². The first kappa shape index (κ1) is 14.4. The van der Waals surface area contributed by atoms with E-state index in [1.54, 1.807) is 6.07 Å². The highest BCUT2D eigenvalue weighted by molar-refractivity contribution is 5.75. The van der Waals surface area contributed by atoms with Gasteiger partial charge in [0.25, 0.3) is 0 Å². The Morgan fingerprint density at radius 1 is 1.28 bits per heavy atom. The van der Waals surface area contributed by atoms with Gasteiger partial charge in [-0.15, -0.1) is 0 Å². The third-order valence-electron chi connectivity index (χ3n) is 2.24. The first-order chi connectivity index (χ1) is 8.34. The van der Waals surface area contributed by atoms with Crippen LogP contribution in [0.1, 0.15) is 11.6 Å². The zero-order chi connectivity index (χ0) is 13.8. The third-order valence-corrected chi connectivity index (χ3v) is 2.24. The second-order valence-electron chi connectivity index (χ2n) is 3.62. The average molecular weight is 265 g/mol. The molecule has 0 aliphatic carbocycles. The summed E-state index contributed by atoms with van der Waals surface area (Å²) in [6.45, 7) is -1.41. The number of benzene rings is 1. The lowest BCUT2D eigenvalue weighted by Gasteiger charge is -2.20. The Morgan fingerprint density at radius 3 is 2.28 bits per heavy atom. The van der Waals surface area contributed by atoms with Crippen LogP contribution in [0.3, 0.4) is 0 Å². The summed E-state index contributed by atoms with van der Waals surface area (Å²) in [6.07, 6.45) is -3.84. The van der Waals surface area contributed by atoms with Gasteiger partial charge in [0.15, 0.2) is 0 Å². The number of carboxylic acids is 1. The van der Waals surface area contributed by atoms with Crippen LogP contribution in [0.4, 0.5) is 17.6 Å². The molecule has 0 fully saturated rings. The zero-order valence-corrected chi connectivity index (χ0v) is 9.12. The molecule has 0 bridgehead atoms. The van der Waals surface area contributed by atoms with E-state index in [0.717, 1.165) is 0 Å². The molecule has 0 heterocycles. The van der Waals surface area contributed by atoms with Crippen LogP contribution in [0.2, 0.25) is 0 Å². The molecular weight excluding hydrogens is 254 g/mol. The molecule has 0 radical (unpaired) electrons. The molecule has 0 saturated carbocycles. The van der Waals surface area contributed by atoms with Crippen molar-refractivity contribution in [3.8, 4) is 0 Å². The molecule has 0 saturated heterocycles. The maximum Gasteiger partial charge on any atom is 0.325 e. The summed E-state index contributed by atoms with van der Waals surface area (Å²) < 4.78 is 49.2. The van der Waals surface area contributed by atoms with E-state index in [9.17, 15) is 22.4 Å². The zero-order valence-electron chi connectivity index (χ0n) is 9.12. The van der Waals surface area contributed by atoms with Gasteiger partial charge in [0.1, 0.15) is 6.04 Å². The molecule has 1 aromatic carbocycles. The summed E-state index contributed by atoms with van der Waals surface area (Å²) in [7, 11) is 0. The van der Waals surface area contributed by atoms with E-state index in [1.807, 2.05) is 5.32 Å². The minimum atomic E-state index is -4.26. The predicted molar refractivity (Wildman–Crippen MR) is 55.8 cm³/mol. The van der Waals surface area contributed by atoms with Gasteiger partial charge >= 0.3 is 18.3 Å². The molecular formula is C11H11F4NO2. The van der Waals surface area contributed by atoms with Crippen molar-refractivity contribution in [2.45, 2.75) is 18.4 Å². The maximum absolute atomic E-state index is 12.7. The van der Waals surface area contributed by atoms with Crippen molar-refractivity contribution in [3.05, 3.63) is 35.9 Å². The van der Waals surface area contributed by atoms with Crippen LogP contribution >= 0.6 is 0 Å². The van der Waals surface area contributed by atoms with Gasteiger partial charge in [-0.25, -0.2) is 8.78 Å². The van der Waals surface area contributed by atoms with Gasteiger partial charge in [0, 0.05) is 0 Å². The molecule has 1 aromatic rings. The summed E-state index contributed by atoms with van der Waals surface area (Å²) in [5, 5.41) is 10.8. The molecule has 0 amide bonds. The average Bonchev–Trinajstić information content (AvgIpc) is 2.29. The SMILES string of the molecule is O=C(O)C(NCC(F)(F)C(F)F)c1ccccc1. The Labute approximate surface area is 100 Å². The second-order valence-corrected chi connectivity index (χ2v) is 3.62. The molecule has 1 unspecified atom stereocenters. The topological polar surface area (TPSA) is 49.3 Å². The number of carboxylic acid groups (broad SMARTS) is 1. The van der Waals surface area contributed by atoms with Crippen LogP contribution in [0.25, 0.3) is 0 Å². The van der Waals surface area contributed by atoms with E-state index < -0.39 is 30.9 Å². The second kappa shape index (κ2) is 5.81. The molecule has 18 heavy (non-hydrogen) atoms. The Hall–Kier alpha value is -1.63. The lowest BCUT2D eigenvalue weighted by molar-refractivity contribution is -0.143. The highest BCUT2D eigenvalue weighted by Crippen LogP contribution is 2.23. The number of alkyl halides is 4. The summed E-state index contributed by atoms with van der Waals surface area (Å²) in [4.78, 5) is 10.9. The lowest BCUT2D eigenvalue weighted by atomic mass is 10.1. The molecule has 1 rings (SSSR count). The van der Waals surface area contributed by atoms with Gasteiger partial charge in [0.2, 0.25) is 0 Å². The number of rotatable bonds is 6. The summed E-state index contributed by atoms with van der Waals surface area (Å²) >= 11 is 0. The number of carbonyl (C=O) groups is 1. The van der Waals surface area contributed by atoms with Crippen LogP contribution in [0.15, 0.2) is 30.3 Å². The number of hydrogen-bond donors (Lipinski definition) is 2.